The maximum absolute atomic E-state index is 13.4. The number of hydrogen-bond acceptors (Lipinski definition) is 3. The van der Waals surface area contributed by atoms with Gasteiger partial charge in [0, 0.05) is 5.56 Å². The van der Waals surface area contributed by atoms with Crippen molar-refractivity contribution in [1.29, 1.82) is 0 Å². The zero-order valence-corrected chi connectivity index (χ0v) is 11.0. The number of rotatable bonds is 3. The van der Waals surface area contributed by atoms with Gasteiger partial charge in [0.25, 0.3) is 5.91 Å². The lowest BCUT2D eigenvalue weighted by Gasteiger charge is -2.06. The SMILES string of the molecule is NS(=O)(=O)c1ccc(C(=O)Nc2ccccc2F)cc1. The van der Waals surface area contributed by atoms with E-state index in [1.807, 2.05) is 0 Å². The highest BCUT2D eigenvalue weighted by Crippen LogP contribution is 2.15. The van der Waals surface area contributed by atoms with Gasteiger partial charge in [-0.2, -0.15) is 0 Å². The molecule has 0 unspecified atom stereocenters. The second-order valence-electron chi connectivity index (χ2n) is 4.00. The maximum atomic E-state index is 13.4. The van der Waals surface area contributed by atoms with Crippen LogP contribution < -0.4 is 10.5 Å². The van der Waals surface area contributed by atoms with Gasteiger partial charge in [-0.25, -0.2) is 17.9 Å². The summed E-state index contributed by atoms with van der Waals surface area (Å²) in [7, 11) is -3.80. The van der Waals surface area contributed by atoms with Crippen molar-refractivity contribution in [3.8, 4) is 0 Å². The molecule has 0 aliphatic carbocycles. The van der Waals surface area contributed by atoms with Crippen LogP contribution in [0.5, 0.6) is 0 Å². The summed E-state index contributed by atoms with van der Waals surface area (Å²) in [6, 6.07) is 10.8. The maximum Gasteiger partial charge on any atom is 0.255 e. The van der Waals surface area contributed by atoms with E-state index >= 15 is 0 Å². The molecule has 0 atom stereocenters. The molecule has 20 heavy (non-hydrogen) atoms. The van der Waals surface area contributed by atoms with Crippen molar-refractivity contribution in [3.05, 3.63) is 59.9 Å². The molecule has 7 heteroatoms. The van der Waals surface area contributed by atoms with Crippen molar-refractivity contribution in [1.82, 2.24) is 0 Å². The van der Waals surface area contributed by atoms with E-state index < -0.39 is 21.7 Å². The summed E-state index contributed by atoms with van der Waals surface area (Å²) in [6.07, 6.45) is 0. The van der Waals surface area contributed by atoms with Gasteiger partial charge < -0.3 is 5.32 Å². The van der Waals surface area contributed by atoms with Gasteiger partial charge in [0.1, 0.15) is 5.82 Å². The molecule has 2 rings (SSSR count). The highest BCUT2D eigenvalue weighted by atomic mass is 32.2. The van der Waals surface area contributed by atoms with Gasteiger partial charge in [-0.05, 0) is 36.4 Å². The fraction of sp³-hybridized carbons (Fsp3) is 0. The number of nitrogens with one attached hydrogen (secondary N) is 1. The highest BCUT2D eigenvalue weighted by molar-refractivity contribution is 7.89. The van der Waals surface area contributed by atoms with Gasteiger partial charge in [0.2, 0.25) is 10.0 Å². The first-order valence-electron chi connectivity index (χ1n) is 5.56. The minimum atomic E-state index is -3.80. The molecule has 0 aliphatic rings. The normalized spacial score (nSPS) is 11.1. The molecular formula is C13H11FN2O3S. The zero-order valence-electron chi connectivity index (χ0n) is 10.2. The number of sulfonamides is 1. The van der Waals surface area contributed by atoms with Crippen molar-refractivity contribution < 1.29 is 17.6 Å². The molecule has 5 nitrogen and oxygen atoms in total. The second-order valence-corrected chi connectivity index (χ2v) is 5.56. The van der Waals surface area contributed by atoms with Gasteiger partial charge >= 0.3 is 0 Å². The molecule has 2 aromatic rings. The molecule has 0 heterocycles. The van der Waals surface area contributed by atoms with E-state index in [9.17, 15) is 17.6 Å². The van der Waals surface area contributed by atoms with E-state index in [1.165, 1.54) is 42.5 Å². The Bertz CT molecular complexity index is 742. The van der Waals surface area contributed by atoms with Crippen LogP contribution in [-0.2, 0) is 10.0 Å². The Morgan fingerprint density at radius 1 is 1.05 bits per heavy atom. The monoisotopic (exact) mass is 294 g/mol. The van der Waals surface area contributed by atoms with E-state index in [4.69, 9.17) is 5.14 Å². The Labute approximate surface area is 115 Å². The van der Waals surface area contributed by atoms with E-state index in [2.05, 4.69) is 5.32 Å². The van der Waals surface area contributed by atoms with Crippen LogP contribution in [0.15, 0.2) is 53.4 Å². The van der Waals surface area contributed by atoms with Gasteiger partial charge in [0.15, 0.2) is 0 Å². The molecule has 0 aliphatic heterocycles. The fourth-order valence-corrected chi connectivity index (χ4v) is 2.07. The van der Waals surface area contributed by atoms with Gasteiger partial charge in [0.05, 0.1) is 10.6 Å². The number of nitrogens with two attached hydrogens (primary N) is 1. The summed E-state index contributed by atoms with van der Waals surface area (Å²) >= 11 is 0. The molecule has 0 fully saturated rings. The van der Waals surface area contributed by atoms with E-state index in [1.54, 1.807) is 6.07 Å². The molecule has 0 bridgehead atoms. The smallest absolute Gasteiger partial charge is 0.255 e. The molecule has 104 valence electrons. The first-order chi connectivity index (χ1) is 9.38. The molecule has 0 spiro atoms. The molecule has 0 saturated carbocycles. The third-order valence-electron chi connectivity index (χ3n) is 2.57. The summed E-state index contributed by atoms with van der Waals surface area (Å²) in [5.41, 5.74) is 0.244. The van der Waals surface area contributed by atoms with Crippen molar-refractivity contribution in [2.75, 3.05) is 5.32 Å². The van der Waals surface area contributed by atoms with Crippen LogP contribution in [0.4, 0.5) is 10.1 Å². The molecule has 0 saturated heterocycles. The Kier molecular flexibility index (Phi) is 3.82. The average Bonchev–Trinajstić information content (AvgIpc) is 2.40. The first-order valence-corrected chi connectivity index (χ1v) is 7.11. The quantitative estimate of drug-likeness (QED) is 0.903. The van der Waals surface area contributed by atoms with Crippen molar-refractivity contribution in [3.63, 3.8) is 0 Å². The number of hydrogen-bond donors (Lipinski definition) is 2. The third kappa shape index (κ3) is 3.19. The average molecular weight is 294 g/mol. The number of primary sulfonamides is 1. The molecule has 2 aromatic carbocycles. The van der Waals surface area contributed by atoms with E-state index in [0.29, 0.717) is 0 Å². The first kappa shape index (κ1) is 14.2. The number of anilines is 1. The topological polar surface area (TPSA) is 89.3 Å². The number of halogens is 1. The van der Waals surface area contributed by atoms with Crippen molar-refractivity contribution in [2.45, 2.75) is 4.90 Å². The second kappa shape index (κ2) is 5.40. The van der Waals surface area contributed by atoms with Crippen molar-refractivity contribution in [2.24, 2.45) is 5.14 Å². The largest absolute Gasteiger partial charge is 0.319 e. The minimum Gasteiger partial charge on any atom is -0.319 e. The van der Waals surface area contributed by atoms with Crippen LogP contribution >= 0.6 is 0 Å². The Morgan fingerprint density at radius 2 is 1.65 bits per heavy atom. The Hall–Kier alpha value is -2.25. The minimum absolute atomic E-state index is 0.0491. The van der Waals surface area contributed by atoms with Crippen LogP contribution in [0.25, 0.3) is 0 Å². The van der Waals surface area contributed by atoms with E-state index in [-0.39, 0.29) is 16.1 Å². The summed E-state index contributed by atoms with van der Waals surface area (Å²) in [5.74, 6) is -1.10. The Morgan fingerprint density at radius 3 is 2.20 bits per heavy atom. The van der Waals surface area contributed by atoms with Crippen LogP contribution in [-0.4, -0.2) is 14.3 Å². The Balaban J connectivity index is 2.20. The predicted octanol–water partition coefficient (Wildman–Crippen LogP) is 1.73. The van der Waals surface area contributed by atoms with Gasteiger partial charge in [-0.1, -0.05) is 12.1 Å². The molecular weight excluding hydrogens is 283 g/mol. The number of benzene rings is 2. The lowest BCUT2D eigenvalue weighted by molar-refractivity contribution is 0.102. The number of para-hydroxylation sites is 1. The number of carbonyl (C=O) groups excluding carboxylic acids is 1. The molecule has 0 radical (unpaired) electrons. The third-order valence-corrected chi connectivity index (χ3v) is 3.50. The summed E-state index contributed by atoms with van der Waals surface area (Å²) in [4.78, 5) is 11.8. The lowest BCUT2D eigenvalue weighted by Crippen LogP contribution is -2.15. The summed E-state index contributed by atoms with van der Waals surface area (Å²) in [6.45, 7) is 0. The lowest BCUT2D eigenvalue weighted by atomic mass is 10.2. The van der Waals surface area contributed by atoms with Crippen LogP contribution in [0, 0.1) is 5.82 Å². The standard InChI is InChI=1S/C13H11FN2O3S/c14-11-3-1-2-4-12(11)16-13(17)9-5-7-10(8-6-9)20(15,18)19/h1-8H,(H,16,17)(H2,15,18,19). The fourth-order valence-electron chi connectivity index (χ4n) is 1.55. The number of carbonyl (C=O) groups is 1. The van der Waals surface area contributed by atoms with Crippen molar-refractivity contribution >= 4 is 21.6 Å². The van der Waals surface area contributed by atoms with Crippen LogP contribution in [0.2, 0.25) is 0 Å². The van der Waals surface area contributed by atoms with Crippen LogP contribution in [0.1, 0.15) is 10.4 Å². The van der Waals surface area contributed by atoms with Gasteiger partial charge in [-0.3, -0.25) is 4.79 Å². The number of amides is 1. The van der Waals surface area contributed by atoms with E-state index in [0.717, 1.165) is 0 Å². The van der Waals surface area contributed by atoms with Crippen LogP contribution in [0.3, 0.4) is 0 Å². The molecule has 3 N–H and O–H groups in total. The zero-order chi connectivity index (χ0) is 14.8. The summed E-state index contributed by atoms with van der Waals surface area (Å²) in [5, 5.41) is 7.34. The molecule has 0 aromatic heterocycles. The predicted molar refractivity (Wildman–Crippen MR) is 72.2 cm³/mol. The summed E-state index contributed by atoms with van der Waals surface area (Å²) < 4.78 is 35.5. The van der Waals surface area contributed by atoms with Gasteiger partial charge in [-0.15, -0.1) is 0 Å². The molecule has 1 amide bonds. The highest BCUT2D eigenvalue weighted by Gasteiger charge is 2.11.